The van der Waals surface area contributed by atoms with E-state index in [0.29, 0.717) is 32.5 Å². The first-order valence-electron chi connectivity index (χ1n) is 9.10. The summed E-state index contributed by atoms with van der Waals surface area (Å²) < 4.78 is 21.7. The Morgan fingerprint density at radius 3 is 2.22 bits per heavy atom. The highest BCUT2D eigenvalue weighted by molar-refractivity contribution is 5.79. The molecule has 3 rings (SSSR count). The molecule has 1 heterocycles. The van der Waals surface area contributed by atoms with Crippen molar-refractivity contribution in [3.05, 3.63) is 48.0 Å². The van der Waals surface area contributed by atoms with Gasteiger partial charge in [0.2, 0.25) is 0 Å². The van der Waals surface area contributed by atoms with Gasteiger partial charge in [-0.05, 0) is 42.5 Å². The third kappa shape index (κ3) is 3.93. The molecule has 5 heteroatoms. The molecule has 1 saturated heterocycles. The lowest BCUT2D eigenvalue weighted by Gasteiger charge is -2.34. The molecule has 0 N–H and O–H groups in total. The lowest BCUT2D eigenvalue weighted by atomic mass is 9.75. The van der Waals surface area contributed by atoms with Crippen LogP contribution >= 0.6 is 0 Å². The summed E-state index contributed by atoms with van der Waals surface area (Å²) in [6.45, 7) is 1.16. The zero-order valence-electron chi connectivity index (χ0n) is 16.1. The maximum Gasteiger partial charge on any atom is 0.312 e. The molecule has 0 bridgehead atoms. The maximum absolute atomic E-state index is 12.5. The van der Waals surface area contributed by atoms with Crippen LogP contribution in [0.5, 0.6) is 11.5 Å². The number of ether oxygens (including phenoxy) is 4. The molecule has 0 saturated carbocycles. The Morgan fingerprint density at radius 2 is 1.63 bits per heavy atom. The van der Waals surface area contributed by atoms with E-state index in [1.807, 2.05) is 36.4 Å². The Morgan fingerprint density at radius 1 is 1.00 bits per heavy atom. The second-order valence-corrected chi connectivity index (χ2v) is 6.80. The zero-order valence-corrected chi connectivity index (χ0v) is 16.1. The summed E-state index contributed by atoms with van der Waals surface area (Å²) in [4.78, 5) is 12.5. The molecule has 1 fully saturated rings. The highest BCUT2D eigenvalue weighted by atomic mass is 16.5. The second-order valence-electron chi connectivity index (χ2n) is 6.80. The van der Waals surface area contributed by atoms with E-state index in [-0.39, 0.29) is 5.97 Å². The van der Waals surface area contributed by atoms with Gasteiger partial charge in [0.1, 0.15) is 11.5 Å². The van der Waals surface area contributed by atoms with Gasteiger partial charge in [0, 0.05) is 13.2 Å². The summed E-state index contributed by atoms with van der Waals surface area (Å²) in [7, 11) is 4.75. The first-order valence-corrected chi connectivity index (χ1v) is 9.10. The molecule has 0 amide bonds. The molecular weight excluding hydrogens is 344 g/mol. The average Bonchev–Trinajstić information content (AvgIpc) is 2.73. The predicted molar refractivity (Wildman–Crippen MR) is 103 cm³/mol. The SMILES string of the molecule is COC(=O)C1(Cc2cccc(-c3c(OC)cccc3OC)c2)CCOCC1. The summed E-state index contributed by atoms with van der Waals surface area (Å²) in [5.74, 6) is 1.34. The Labute approximate surface area is 160 Å². The van der Waals surface area contributed by atoms with Crippen molar-refractivity contribution < 1.29 is 23.7 Å². The smallest absolute Gasteiger partial charge is 0.312 e. The summed E-state index contributed by atoms with van der Waals surface area (Å²) in [6, 6.07) is 13.9. The number of carbonyl (C=O) groups is 1. The fraction of sp³-hybridized carbons (Fsp3) is 0.409. The van der Waals surface area contributed by atoms with Crippen molar-refractivity contribution in [2.45, 2.75) is 19.3 Å². The molecule has 2 aromatic carbocycles. The van der Waals surface area contributed by atoms with Gasteiger partial charge >= 0.3 is 5.97 Å². The van der Waals surface area contributed by atoms with Crippen molar-refractivity contribution in [3.8, 4) is 22.6 Å². The van der Waals surface area contributed by atoms with Gasteiger partial charge in [-0.1, -0.05) is 30.3 Å². The third-order valence-electron chi connectivity index (χ3n) is 5.25. The van der Waals surface area contributed by atoms with Crippen molar-refractivity contribution in [3.63, 3.8) is 0 Å². The molecule has 0 radical (unpaired) electrons. The van der Waals surface area contributed by atoms with Gasteiger partial charge in [-0.25, -0.2) is 0 Å². The van der Waals surface area contributed by atoms with Gasteiger partial charge in [0.15, 0.2) is 0 Å². The van der Waals surface area contributed by atoms with Crippen molar-refractivity contribution in [1.82, 2.24) is 0 Å². The topological polar surface area (TPSA) is 54.0 Å². The molecule has 1 aliphatic heterocycles. The molecule has 0 spiro atoms. The molecule has 0 atom stereocenters. The number of esters is 1. The number of rotatable bonds is 6. The van der Waals surface area contributed by atoms with E-state index in [0.717, 1.165) is 28.2 Å². The Kier molecular flexibility index (Phi) is 6.01. The van der Waals surface area contributed by atoms with Gasteiger partial charge in [-0.3, -0.25) is 4.79 Å². The van der Waals surface area contributed by atoms with Crippen molar-refractivity contribution in [2.24, 2.45) is 5.41 Å². The quantitative estimate of drug-likeness (QED) is 0.722. The van der Waals surface area contributed by atoms with Gasteiger partial charge < -0.3 is 18.9 Å². The fourth-order valence-corrected chi connectivity index (χ4v) is 3.79. The number of benzene rings is 2. The van der Waals surface area contributed by atoms with Crippen LogP contribution in [-0.2, 0) is 20.7 Å². The van der Waals surface area contributed by atoms with E-state index in [1.54, 1.807) is 14.2 Å². The predicted octanol–water partition coefficient (Wildman–Crippen LogP) is 3.88. The van der Waals surface area contributed by atoms with Crippen LogP contribution in [0.3, 0.4) is 0 Å². The minimum atomic E-state index is -0.531. The van der Waals surface area contributed by atoms with E-state index >= 15 is 0 Å². The Balaban J connectivity index is 1.98. The summed E-state index contributed by atoms with van der Waals surface area (Å²) in [6.07, 6.45) is 1.96. The Bertz CT molecular complexity index is 771. The number of methoxy groups -OCH3 is 3. The van der Waals surface area contributed by atoms with Gasteiger partial charge in [-0.15, -0.1) is 0 Å². The van der Waals surface area contributed by atoms with Crippen LogP contribution in [0.4, 0.5) is 0 Å². The molecule has 0 unspecified atom stereocenters. The van der Waals surface area contributed by atoms with E-state index in [1.165, 1.54) is 7.11 Å². The highest BCUT2D eigenvalue weighted by Gasteiger charge is 2.41. The van der Waals surface area contributed by atoms with E-state index in [2.05, 4.69) is 6.07 Å². The second kappa shape index (κ2) is 8.44. The fourth-order valence-electron chi connectivity index (χ4n) is 3.79. The largest absolute Gasteiger partial charge is 0.496 e. The molecular formula is C22H26O5. The Hall–Kier alpha value is -2.53. The van der Waals surface area contributed by atoms with Crippen LogP contribution in [0, 0.1) is 5.41 Å². The van der Waals surface area contributed by atoms with E-state index in [9.17, 15) is 4.79 Å². The van der Waals surface area contributed by atoms with Crippen molar-refractivity contribution in [1.29, 1.82) is 0 Å². The minimum absolute atomic E-state index is 0.161. The molecule has 1 aliphatic rings. The minimum Gasteiger partial charge on any atom is -0.496 e. The first-order chi connectivity index (χ1) is 13.1. The molecule has 0 aliphatic carbocycles. The molecule has 2 aromatic rings. The van der Waals surface area contributed by atoms with Gasteiger partial charge in [0.05, 0.1) is 32.3 Å². The number of hydrogen-bond acceptors (Lipinski definition) is 5. The van der Waals surface area contributed by atoms with Crippen molar-refractivity contribution >= 4 is 5.97 Å². The molecule has 5 nitrogen and oxygen atoms in total. The molecule has 0 aromatic heterocycles. The van der Waals surface area contributed by atoms with Crippen LogP contribution < -0.4 is 9.47 Å². The lowest BCUT2D eigenvalue weighted by molar-refractivity contribution is -0.158. The number of hydrogen-bond donors (Lipinski definition) is 0. The van der Waals surface area contributed by atoms with Crippen LogP contribution in [-0.4, -0.2) is 40.5 Å². The van der Waals surface area contributed by atoms with E-state index < -0.39 is 5.41 Å². The molecule has 27 heavy (non-hydrogen) atoms. The number of carbonyl (C=O) groups excluding carboxylic acids is 1. The van der Waals surface area contributed by atoms with Crippen LogP contribution in [0.1, 0.15) is 18.4 Å². The normalized spacial score (nSPS) is 15.8. The monoisotopic (exact) mass is 370 g/mol. The summed E-state index contributed by atoms with van der Waals surface area (Å²) in [5.41, 5.74) is 2.45. The third-order valence-corrected chi connectivity index (χ3v) is 5.25. The van der Waals surface area contributed by atoms with Gasteiger partial charge in [0.25, 0.3) is 0 Å². The standard InChI is InChI=1S/C22H26O5/c1-24-18-8-5-9-19(25-2)20(18)17-7-4-6-16(14-17)15-22(21(23)26-3)10-12-27-13-11-22/h4-9,14H,10-13,15H2,1-3H3. The van der Waals surface area contributed by atoms with Gasteiger partial charge in [-0.2, -0.15) is 0 Å². The lowest BCUT2D eigenvalue weighted by Crippen LogP contribution is -2.40. The van der Waals surface area contributed by atoms with E-state index in [4.69, 9.17) is 18.9 Å². The first kappa shape index (κ1) is 19.2. The highest BCUT2D eigenvalue weighted by Crippen LogP contribution is 2.40. The summed E-state index contributed by atoms with van der Waals surface area (Å²) >= 11 is 0. The maximum atomic E-state index is 12.5. The van der Waals surface area contributed by atoms with Crippen molar-refractivity contribution in [2.75, 3.05) is 34.5 Å². The average molecular weight is 370 g/mol. The zero-order chi connectivity index (χ0) is 19.3. The summed E-state index contributed by atoms with van der Waals surface area (Å²) in [5, 5.41) is 0. The van der Waals surface area contributed by atoms with Crippen LogP contribution in [0.15, 0.2) is 42.5 Å². The molecule has 144 valence electrons. The van der Waals surface area contributed by atoms with Crippen LogP contribution in [0.2, 0.25) is 0 Å². The van der Waals surface area contributed by atoms with Crippen LogP contribution in [0.25, 0.3) is 11.1 Å².